The first-order valence-electron chi connectivity index (χ1n) is 3.05. The number of carbonyl (C=O) groups is 1. The van der Waals surface area contributed by atoms with E-state index in [1.54, 1.807) is 6.92 Å². The van der Waals surface area contributed by atoms with Crippen LogP contribution in [0.15, 0.2) is 21.1 Å². The zero-order valence-corrected chi connectivity index (χ0v) is 7.04. The van der Waals surface area contributed by atoms with Gasteiger partial charge in [0, 0.05) is 13.0 Å². The summed E-state index contributed by atoms with van der Waals surface area (Å²) in [5.41, 5.74) is 0. The molecule has 0 radical (unpaired) electrons. The Morgan fingerprint density at radius 2 is 2.42 bits per heavy atom. The van der Waals surface area contributed by atoms with Gasteiger partial charge in [-0.3, -0.25) is 0 Å². The van der Waals surface area contributed by atoms with Crippen LogP contribution in [0.4, 0.5) is 0 Å². The summed E-state index contributed by atoms with van der Waals surface area (Å²) in [7, 11) is 0. The van der Waals surface area contributed by atoms with E-state index in [1.807, 2.05) is 0 Å². The summed E-state index contributed by atoms with van der Waals surface area (Å²) in [6.07, 6.45) is 1.00. The molecule has 1 rings (SSSR count). The Morgan fingerprint density at radius 1 is 1.67 bits per heavy atom. The summed E-state index contributed by atoms with van der Waals surface area (Å²) >= 11 is 1.07. The van der Waals surface area contributed by atoms with Crippen LogP contribution >= 0.6 is 11.8 Å². The number of thioether (sulfide) groups is 1. The quantitative estimate of drug-likeness (QED) is 0.562. The van der Waals surface area contributed by atoms with Gasteiger partial charge in [-0.25, -0.2) is 4.79 Å². The van der Waals surface area contributed by atoms with Crippen LogP contribution in [0, 0.1) is 6.92 Å². The van der Waals surface area contributed by atoms with E-state index in [0.29, 0.717) is 11.1 Å². The molecule has 0 aliphatic carbocycles. The lowest BCUT2D eigenvalue weighted by molar-refractivity contribution is -0.131. The molecular formula is C6H6N2O3S. The fourth-order valence-corrected chi connectivity index (χ4v) is 1.03. The summed E-state index contributed by atoms with van der Waals surface area (Å²) in [5, 5.41) is 17.1. The van der Waals surface area contributed by atoms with Gasteiger partial charge in [0.25, 0.3) is 5.22 Å². The van der Waals surface area contributed by atoms with E-state index in [4.69, 9.17) is 9.52 Å². The Bertz CT molecular complexity index is 307. The van der Waals surface area contributed by atoms with Gasteiger partial charge in [-0.2, -0.15) is 0 Å². The van der Waals surface area contributed by atoms with Gasteiger partial charge in [0.2, 0.25) is 5.89 Å². The average molecular weight is 186 g/mol. The molecule has 0 saturated heterocycles. The van der Waals surface area contributed by atoms with Crippen molar-refractivity contribution >= 4 is 17.7 Å². The Morgan fingerprint density at radius 3 is 2.92 bits per heavy atom. The molecule has 0 bridgehead atoms. The number of carboxylic acid groups (broad SMARTS) is 1. The summed E-state index contributed by atoms with van der Waals surface area (Å²) in [6, 6.07) is 0. The van der Waals surface area contributed by atoms with E-state index < -0.39 is 5.97 Å². The number of carboxylic acids is 1. The standard InChI is InChI=1S/C6H6N2O3S/c1-4-7-8-6(11-4)12-3-2-5(9)10/h2-3H,1H3,(H,9,10). The number of aromatic nitrogens is 2. The zero-order chi connectivity index (χ0) is 8.97. The largest absolute Gasteiger partial charge is 0.478 e. The highest BCUT2D eigenvalue weighted by Crippen LogP contribution is 2.16. The van der Waals surface area contributed by atoms with Crippen LogP contribution in [-0.4, -0.2) is 21.3 Å². The minimum atomic E-state index is -1.00. The zero-order valence-electron chi connectivity index (χ0n) is 6.22. The Kier molecular flexibility index (Phi) is 2.87. The van der Waals surface area contributed by atoms with Gasteiger partial charge in [0.05, 0.1) is 0 Å². The van der Waals surface area contributed by atoms with Gasteiger partial charge in [-0.05, 0) is 17.2 Å². The molecule has 0 saturated carbocycles. The topological polar surface area (TPSA) is 76.2 Å². The molecule has 1 N–H and O–H groups in total. The van der Waals surface area contributed by atoms with Crippen LogP contribution in [0.3, 0.4) is 0 Å². The van der Waals surface area contributed by atoms with Crippen molar-refractivity contribution in [2.24, 2.45) is 0 Å². The van der Waals surface area contributed by atoms with Crippen molar-refractivity contribution in [2.45, 2.75) is 12.1 Å². The molecule has 0 fully saturated rings. The summed E-state index contributed by atoms with van der Waals surface area (Å²) in [6.45, 7) is 1.66. The maximum Gasteiger partial charge on any atom is 0.328 e. The number of hydrogen-bond acceptors (Lipinski definition) is 5. The van der Waals surface area contributed by atoms with Gasteiger partial charge in [-0.15, -0.1) is 10.2 Å². The molecule has 64 valence electrons. The number of aliphatic carboxylic acids is 1. The molecular weight excluding hydrogens is 180 g/mol. The Balaban J connectivity index is 2.48. The number of aryl methyl sites for hydroxylation is 1. The van der Waals surface area contributed by atoms with Crippen LogP contribution in [0.25, 0.3) is 0 Å². The molecule has 0 aliphatic rings. The molecule has 0 spiro atoms. The van der Waals surface area contributed by atoms with E-state index in [1.165, 1.54) is 5.41 Å². The van der Waals surface area contributed by atoms with Gasteiger partial charge in [0.15, 0.2) is 0 Å². The Hall–Kier alpha value is -1.30. The lowest BCUT2D eigenvalue weighted by Crippen LogP contribution is -1.84. The van der Waals surface area contributed by atoms with Crippen molar-refractivity contribution in [3.05, 3.63) is 17.4 Å². The monoisotopic (exact) mass is 186 g/mol. The van der Waals surface area contributed by atoms with Gasteiger partial charge >= 0.3 is 5.97 Å². The number of rotatable bonds is 3. The maximum atomic E-state index is 10.0. The molecule has 6 heteroatoms. The summed E-state index contributed by atoms with van der Waals surface area (Å²) in [4.78, 5) is 10.0. The van der Waals surface area contributed by atoms with E-state index in [2.05, 4.69) is 10.2 Å². The van der Waals surface area contributed by atoms with E-state index >= 15 is 0 Å². The molecule has 1 heterocycles. The third-order valence-corrected chi connectivity index (χ3v) is 1.53. The van der Waals surface area contributed by atoms with Crippen molar-refractivity contribution in [3.8, 4) is 0 Å². The molecule has 5 nitrogen and oxygen atoms in total. The van der Waals surface area contributed by atoms with Gasteiger partial charge in [-0.1, -0.05) is 0 Å². The molecule has 0 aliphatic heterocycles. The summed E-state index contributed by atoms with van der Waals surface area (Å²) < 4.78 is 4.96. The van der Waals surface area contributed by atoms with Crippen molar-refractivity contribution in [3.63, 3.8) is 0 Å². The highest BCUT2D eigenvalue weighted by molar-refractivity contribution is 8.01. The second kappa shape index (κ2) is 3.91. The molecule has 0 amide bonds. The van der Waals surface area contributed by atoms with Gasteiger partial charge < -0.3 is 9.52 Å². The molecule has 0 atom stereocenters. The molecule has 12 heavy (non-hydrogen) atoms. The fraction of sp³-hybridized carbons (Fsp3) is 0.167. The summed E-state index contributed by atoms with van der Waals surface area (Å²) in [5.74, 6) is -0.542. The SMILES string of the molecule is Cc1nnc(SC=CC(=O)O)o1. The first-order chi connectivity index (χ1) is 5.68. The predicted octanol–water partition coefficient (Wildman–Crippen LogP) is 1.07. The molecule has 1 aromatic rings. The predicted molar refractivity (Wildman–Crippen MR) is 41.7 cm³/mol. The second-order valence-electron chi connectivity index (χ2n) is 1.85. The highest BCUT2D eigenvalue weighted by Gasteiger charge is 1.99. The second-order valence-corrected chi connectivity index (χ2v) is 2.70. The molecule has 1 aromatic heterocycles. The number of nitrogens with zero attached hydrogens (tertiary/aromatic N) is 2. The van der Waals surface area contributed by atoms with Crippen LogP contribution < -0.4 is 0 Å². The first-order valence-corrected chi connectivity index (χ1v) is 3.92. The molecule has 0 unspecified atom stereocenters. The van der Waals surface area contributed by atoms with Crippen LogP contribution in [-0.2, 0) is 4.79 Å². The van der Waals surface area contributed by atoms with E-state index in [0.717, 1.165) is 17.8 Å². The lowest BCUT2D eigenvalue weighted by atomic mass is 10.7. The smallest absolute Gasteiger partial charge is 0.328 e. The van der Waals surface area contributed by atoms with Gasteiger partial charge in [0.1, 0.15) is 0 Å². The maximum absolute atomic E-state index is 10.0. The van der Waals surface area contributed by atoms with Crippen molar-refractivity contribution in [1.82, 2.24) is 10.2 Å². The van der Waals surface area contributed by atoms with E-state index in [-0.39, 0.29) is 0 Å². The minimum absolute atomic E-state index is 0.338. The Labute approximate surface area is 72.5 Å². The van der Waals surface area contributed by atoms with Crippen LogP contribution in [0.2, 0.25) is 0 Å². The van der Waals surface area contributed by atoms with Crippen LogP contribution in [0.5, 0.6) is 0 Å². The van der Waals surface area contributed by atoms with Crippen molar-refractivity contribution < 1.29 is 14.3 Å². The van der Waals surface area contributed by atoms with Crippen molar-refractivity contribution in [2.75, 3.05) is 0 Å². The minimum Gasteiger partial charge on any atom is -0.478 e. The highest BCUT2D eigenvalue weighted by atomic mass is 32.2. The third kappa shape index (κ3) is 2.75. The normalized spacial score (nSPS) is 10.8. The molecule has 0 aromatic carbocycles. The van der Waals surface area contributed by atoms with E-state index in [9.17, 15) is 4.79 Å². The average Bonchev–Trinajstić information content (AvgIpc) is 2.35. The fourth-order valence-electron chi connectivity index (χ4n) is 0.476. The first kappa shape index (κ1) is 8.79. The number of hydrogen-bond donors (Lipinski definition) is 1. The third-order valence-electron chi connectivity index (χ3n) is 0.887. The van der Waals surface area contributed by atoms with Crippen LogP contribution in [0.1, 0.15) is 5.89 Å². The lowest BCUT2D eigenvalue weighted by Gasteiger charge is -1.82. The van der Waals surface area contributed by atoms with Crippen molar-refractivity contribution in [1.29, 1.82) is 0 Å².